The number of carbonyl (C=O) groups excluding carboxylic acids is 1. The van der Waals surface area contributed by atoms with Gasteiger partial charge in [-0.2, -0.15) is 0 Å². The van der Waals surface area contributed by atoms with E-state index in [1.165, 1.54) is 19.3 Å². The number of nitrogens with zero attached hydrogens (tertiary/aromatic N) is 3. The molecule has 7 heteroatoms. The van der Waals surface area contributed by atoms with Gasteiger partial charge in [-0.3, -0.25) is 0 Å². The summed E-state index contributed by atoms with van der Waals surface area (Å²) in [7, 11) is 0. The van der Waals surface area contributed by atoms with E-state index >= 15 is 0 Å². The van der Waals surface area contributed by atoms with E-state index in [0.717, 1.165) is 50.5 Å². The maximum atomic E-state index is 11.9. The van der Waals surface area contributed by atoms with E-state index in [1.54, 1.807) is 0 Å². The van der Waals surface area contributed by atoms with Gasteiger partial charge in [0.15, 0.2) is 5.82 Å². The van der Waals surface area contributed by atoms with Crippen molar-refractivity contribution in [3.8, 4) is 0 Å². The quantitative estimate of drug-likeness (QED) is 0.880. The maximum absolute atomic E-state index is 11.9. The third kappa shape index (κ3) is 3.97. The molecule has 2 aliphatic rings. The molecule has 0 aromatic carbocycles. The SMILES string of the molecule is O=C(NCc1nnc2n1CCCCC2)NCC1CCCCO1. The highest BCUT2D eigenvalue weighted by Gasteiger charge is 2.16. The van der Waals surface area contributed by atoms with Crippen molar-refractivity contribution in [2.45, 2.75) is 64.1 Å². The molecular formula is C15H25N5O2. The molecule has 2 aliphatic heterocycles. The smallest absolute Gasteiger partial charge is 0.315 e. The zero-order chi connectivity index (χ0) is 15.2. The molecule has 0 aliphatic carbocycles. The summed E-state index contributed by atoms with van der Waals surface area (Å²) in [5.74, 6) is 1.89. The molecule has 3 heterocycles. The molecule has 1 atom stereocenters. The summed E-state index contributed by atoms with van der Waals surface area (Å²) in [6.45, 7) is 2.75. The minimum atomic E-state index is -0.167. The van der Waals surface area contributed by atoms with Crippen molar-refractivity contribution in [2.75, 3.05) is 13.2 Å². The largest absolute Gasteiger partial charge is 0.376 e. The second kappa shape index (κ2) is 7.58. The third-order valence-corrected chi connectivity index (χ3v) is 4.36. The van der Waals surface area contributed by atoms with Gasteiger partial charge in [0.1, 0.15) is 5.82 Å². The summed E-state index contributed by atoms with van der Waals surface area (Å²) < 4.78 is 7.75. The highest BCUT2D eigenvalue weighted by Crippen LogP contribution is 2.14. The van der Waals surface area contributed by atoms with Crippen LogP contribution in [0.25, 0.3) is 0 Å². The van der Waals surface area contributed by atoms with E-state index in [-0.39, 0.29) is 12.1 Å². The van der Waals surface area contributed by atoms with Crippen LogP contribution in [0.1, 0.15) is 50.2 Å². The lowest BCUT2D eigenvalue weighted by molar-refractivity contribution is 0.0184. The molecule has 0 radical (unpaired) electrons. The minimum absolute atomic E-state index is 0.156. The molecule has 0 spiro atoms. The van der Waals surface area contributed by atoms with E-state index in [9.17, 15) is 4.79 Å². The van der Waals surface area contributed by atoms with Crippen LogP contribution in [-0.4, -0.2) is 40.1 Å². The summed E-state index contributed by atoms with van der Waals surface area (Å²) in [6, 6.07) is -0.167. The minimum Gasteiger partial charge on any atom is -0.376 e. The first-order valence-electron chi connectivity index (χ1n) is 8.37. The molecule has 3 rings (SSSR count). The third-order valence-electron chi connectivity index (χ3n) is 4.36. The lowest BCUT2D eigenvalue weighted by atomic mass is 10.1. The highest BCUT2D eigenvalue weighted by atomic mass is 16.5. The molecule has 7 nitrogen and oxygen atoms in total. The molecule has 2 amide bonds. The Kier molecular flexibility index (Phi) is 5.26. The van der Waals surface area contributed by atoms with Gasteiger partial charge in [0.2, 0.25) is 0 Å². The Morgan fingerprint density at radius 1 is 1.18 bits per heavy atom. The maximum Gasteiger partial charge on any atom is 0.315 e. The van der Waals surface area contributed by atoms with Gasteiger partial charge < -0.3 is 19.9 Å². The lowest BCUT2D eigenvalue weighted by Crippen LogP contribution is -2.41. The van der Waals surface area contributed by atoms with Crippen molar-refractivity contribution in [2.24, 2.45) is 0 Å². The number of fused-ring (bicyclic) bond motifs is 1. The molecule has 1 unspecified atom stereocenters. The molecular weight excluding hydrogens is 282 g/mol. The second-order valence-corrected chi connectivity index (χ2v) is 6.05. The van der Waals surface area contributed by atoms with Crippen LogP contribution >= 0.6 is 0 Å². The topological polar surface area (TPSA) is 81.1 Å². The van der Waals surface area contributed by atoms with Gasteiger partial charge in [-0.15, -0.1) is 10.2 Å². The Morgan fingerprint density at radius 3 is 3.00 bits per heavy atom. The number of hydrogen-bond acceptors (Lipinski definition) is 4. The summed E-state index contributed by atoms with van der Waals surface area (Å²) in [5, 5.41) is 14.2. The number of hydrogen-bond donors (Lipinski definition) is 2. The zero-order valence-corrected chi connectivity index (χ0v) is 13.0. The van der Waals surface area contributed by atoms with Crippen LogP contribution in [0.15, 0.2) is 0 Å². The summed E-state index contributed by atoms with van der Waals surface area (Å²) in [4.78, 5) is 11.9. The fourth-order valence-electron chi connectivity index (χ4n) is 3.07. The van der Waals surface area contributed by atoms with Gasteiger partial charge >= 0.3 is 6.03 Å². The summed E-state index contributed by atoms with van der Waals surface area (Å²) in [5.41, 5.74) is 0. The Hall–Kier alpha value is -1.63. The van der Waals surface area contributed by atoms with Gasteiger partial charge in [-0.25, -0.2) is 4.79 Å². The van der Waals surface area contributed by atoms with Crippen molar-refractivity contribution in [3.05, 3.63) is 11.6 Å². The lowest BCUT2D eigenvalue weighted by Gasteiger charge is -2.22. The van der Waals surface area contributed by atoms with E-state index < -0.39 is 0 Å². The molecule has 1 saturated heterocycles. The molecule has 1 aromatic heterocycles. The predicted molar refractivity (Wildman–Crippen MR) is 81.4 cm³/mol. The zero-order valence-electron chi connectivity index (χ0n) is 13.0. The van der Waals surface area contributed by atoms with Crippen LogP contribution in [0.4, 0.5) is 4.79 Å². The Bertz CT molecular complexity index is 496. The Labute approximate surface area is 130 Å². The normalized spacial score (nSPS) is 21.7. The fraction of sp³-hybridized carbons (Fsp3) is 0.800. The van der Waals surface area contributed by atoms with Gasteiger partial charge in [0.25, 0.3) is 0 Å². The van der Waals surface area contributed by atoms with Gasteiger partial charge in [-0.05, 0) is 32.1 Å². The van der Waals surface area contributed by atoms with Crippen molar-refractivity contribution in [1.29, 1.82) is 0 Å². The number of rotatable bonds is 4. The standard InChI is InChI=1S/C15H25N5O2/c21-15(16-10-12-6-3-5-9-22-12)17-11-14-19-18-13-7-2-1-4-8-20(13)14/h12H,1-11H2,(H2,16,17,21). The van der Waals surface area contributed by atoms with E-state index in [2.05, 4.69) is 25.4 Å². The molecule has 122 valence electrons. The summed E-state index contributed by atoms with van der Waals surface area (Å²) >= 11 is 0. The molecule has 1 aromatic rings. The monoisotopic (exact) mass is 307 g/mol. The first-order chi connectivity index (χ1) is 10.8. The molecule has 0 saturated carbocycles. The highest BCUT2D eigenvalue weighted by molar-refractivity contribution is 5.73. The van der Waals surface area contributed by atoms with Crippen LogP contribution in [0.5, 0.6) is 0 Å². The first-order valence-corrected chi connectivity index (χ1v) is 8.37. The van der Waals surface area contributed by atoms with Gasteiger partial charge in [0.05, 0.1) is 12.6 Å². The summed E-state index contributed by atoms with van der Waals surface area (Å²) in [6.07, 6.45) is 8.04. The average molecular weight is 307 g/mol. The number of carbonyl (C=O) groups is 1. The number of amides is 2. The van der Waals surface area contributed by atoms with Crippen molar-refractivity contribution >= 4 is 6.03 Å². The number of urea groups is 1. The molecule has 0 bridgehead atoms. The fourth-order valence-corrected chi connectivity index (χ4v) is 3.07. The van der Waals surface area contributed by atoms with E-state index in [0.29, 0.717) is 13.1 Å². The second-order valence-electron chi connectivity index (χ2n) is 6.05. The van der Waals surface area contributed by atoms with Crippen LogP contribution in [0, 0.1) is 0 Å². The van der Waals surface area contributed by atoms with Crippen LogP contribution in [0.2, 0.25) is 0 Å². The molecule has 22 heavy (non-hydrogen) atoms. The van der Waals surface area contributed by atoms with Crippen molar-refractivity contribution in [1.82, 2.24) is 25.4 Å². The Morgan fingerprint density at radius 2 is 2.14 bits per heavy atom. The molecule has 2 N–H and O–H groups in total. The van der Waals surface area contributed by atoms with Crippen LogP contribution < -0.4 is 10.6 Å². The van der Waals surface area contributed by atoms with E-state index in [1.807, 2.05) is 0 Å². The number of nitrogens with one attached hydrogen (secondary N) is 2. The number of aromatic nitrogens is 3. The Balaban J connectivity index is 1.44. The molecule has 1 fully saturated rings. The van der Waals surface area contributed by atoms with Crippen molar-refractivity contribution in [3.63, 3.8) is 0 Å². The van der Waals surface area contributed by atoms with Crippen molar-refractivity contribution < 1.29 is 9.53 Å². The predicted octanol–water partition coefficient (Wildman–Crippen LogP) is 1.37. The van der Waals surface area contributed by atoms with E-state index in [4.69, 9.17) is 4.74 Å². The number of aryl methyl sites for hydroxylation is 1. The average Bonchev–Trinajstić information content (AvgIpc) is 2.78. The van der Waals surface area contributed by atoms with Gasteiger partial charge in [-0.1, -0.05) is 6.42 Å². The van der Waals surface area contributed by atoms with Crippen LogP contribution in [-0.2, 0) is 24.2 Å². The van der Waals surface area contributed by atoms with Crippen LogP contribution in [0.3, 0.4) is 0 Å². The first kappa shape index (κ1) is 15.3. The number of ether oxygens (including phenoxy) is 1. The van der Waals surface area contributed by atoms with Gasteiger partial charge in [0, 0.05) is 26.1 Å².